The zero-order valence-corrected chi connectivity index (χ0v) is 21.2. The molecule has 2 aromatic carbocycles. The van der Waals surface area contributed by atoms with Gasteiger partial charge < -0.3 is 9.47 Å². The summed E-state index contributed by atoms with van der Waals surface area (Å²) in [6.07, 6.45) is 4.56. The van der Waals surface area contributed by atoms with E-state index in [9.17, 15) is 9.59 Å². The summed E-state index contributed by atoms with van der Waals surface area (Å²) >= 11 is 18.8. The van der Waals surface area contributed by atoms with Crippen LogP contribution in [0.25, 0.3) is 6.08 Å². The second-order valence-corrected chi connectivity index (χ2v) is 9.83. The van der Waals surface area contributed by atoms with Crippen molar-refractivity contribution in [3.05, 3.63) is 68.5 Å². The van der Waals surface area contributed by atoms with Gasteiger partial charge in [0, 0.05) is 28.6 Å². The molecule has 0 aliphatic carbocycles. The second kappa shape index (κ2) is 12.4. The summed E-state index contributed by atoms with van der Waals surface area (Å²) in [6, 6.07) is 12.8. The average Bonchev–Trinajstić information content (AvgIpc) is 3.06. The standard InChI is InChI=1S/C24H23Cl2NO4S2/c1-30-22(28)5-3-2-4-12-27-23(29)21(33-24(27)32)13-16-6-10-19(11-7-16)31-15-17-8-9-18(25)14-20(17)26/h6-11,13-14H,2-5,12,15H2,1H3/b21-13-. The summed E-state index contributed by atoms with van der Waals surface area (Å²) in [4.78, 5) is 26.1. The molecular formula is C24H23Cl2NO4S2. The van der Waals surface area contributed by atoms with E-state index in [2.05, 4.69) is 4.74 Å². The van der Waals surface area contributed by atoms with Gasteiger partial charge in [-0.3, -0.25) is 14.5 Å². The predicted molar refractivity (Wildman–Crippen MR) is 138 cm³/mol. The molecule has 0 saturated carbocycles. The molecule has 33 heavy (non-hydrogen) atoms. The topological polar surface area (TPSA) is 55.8 Å². The minimum absolute atomic E-state index is 0.0873. The molecule has 9 heteroatoms. The minimum Gasteiger partial charge on any atom is -0.489 e. The number of benzene rings is 2. The van der Waals surface area contributed by atoms with Crippen LogP contribution in [0.4, 0.5) is 0 Å². The third kappa shape index (κ3) is 7.47. The van der Waals surface area contributed by atoms with Crippen molar-refractivity contribution >= 4 is 69.5 Å². The Kier molecular flexibility index (Phi) is 9.62. The summed E-state index contributed by atoms with van der Waals surface area (Å²) in [5, 5.41) is 1.14. The van der Waals surface area contributed by atoms with E-state index in [-0.39, 0.29) is 11.9 Å². The van der Waals surface area contributed by atoms with Crippen LogP contribution in [-0.4, -0.2) is 34.8 Å². The largest absolute Gasteiger partial charge is 0.489 e. The maximum atomic E-state index is 12.7. The number of esters is 1. The highest BCUT2D eigenvalue weighted by molar-refractivity contribution is 8.26. The number of hydrogen-bond acceptors (Lipinski definition) is 6. The summed E-state index contributed by atoms with van der Waals surface area (Å²) in [5.41, 5.74) is 1.73. The highest BCUT2D eigenvalue weighted by Crippen LogP contribution is 2.33. The molecule has 3 rings (SSSR count). The average molecular weight is 524 g/mol. The number of unbranched alkanes of at least 4 members (excludes halogenated alkanes) is 2. The van der Waals surface area contributed by atoms with Crippen molar-refractivity contribution in [2.45, 2.75) is 32.3 Å². The first-order chi connectivity index (χ1) is 15.9. The fraction of sp³-hybridized carbons (Fsp3) is 0.292. The second-order valence-electron chi connectivity index (χ2n) is 7.31. The van der Waals surface area contributed by atoms with Crippen LogP contribution in [0.5, 0.6) is 5.75 Å². The number of halogens is 2. The van der Waals surface area contributed by atoms with Gasteiger partial charge >= 0.3 is 5.97 Å². The summed E-state index contributed by atoms with van der Waals surface area (Å²) < 4.78 is 11.0. The SMILES string of the molecule is COC(=O)CCCCCN1C(=O)/C(=C/c2ccc(OCc3ccc(Cl)cc3Cl)cc2)SC1=S. The van der Waals surface area contributed by atoms with Crippen LogP contribution in [-0.2, 0) is 20.9 Å². The number of thiocarbonyl (C=S) groups is 1. The number of rotatable bonds is 10. The number of nitrogens with zero attached hydrogens (tertiary/aromatic N) is 1. The molecule has 1 saturated heterocycles. The van der Waals surface area contributed by atoms with E-state index in [4.69, 9.17) is 40.2 Å². The molecule has 1 amide bonds. The lowest BCUT2D eigenvalue weighted by Gasteiger charge is -2.13. The number of hydrogen-bond donors (Lipinski definition) is 0. The van der Waals surface area contributed by atoms with Gasteiger partial charge in [-0.05, 0) is 48.7 Å². The third-order valence-corrected chi connectivity index (χ3v) is 6.92. The van der Waals surface area contributed by atoms with E-state index in [1.165, 1.54) is 18.9 Å². The molecule has 174 valence electrons. The zero-order valence-electron chi connectivity index (χ0n) is 18.0. The molecule has 1 aliphatic rings. The van der Waals surface area contributed by atoms with Crippen LogP contribution in [0, 0.1) is 0 Å². The van der Waals surface area contributed by atoms with Gasteiger partial charge in [-0.2, -0.15) is 0 Å². The molecule has 0 N–H and O–H groups in total. The van der Waals surface area contributed by atoms with Crippen LogP contribution >= 0.6 is 47.2 Å². The first-order valence-corrected chi connectivity index (χ1v) is 12.3. The highest BCUT2D eigenvalue weighted by Gasteiger charge is 2.31. The minimum atomic E-state index is -0.214. The Morgan fingerprint density at radius 1 is 1.12 bits per heavy atom. The Hall–Kier alpha value is -2.06. The fourth-order valence-corrected chi connectivity index (χ4v) is 4.89. The van der Waals surface area contributed by atoms with Crippen LogP contribution in [0.15, 0.2) is 47.4 Å². The molecule has 0 unspecified atom stereocenters. The lowest BCUT2D eigenvalue weighted by atomic mass is 10.2. The van der Waals surface area contributed by atoms with Gasteiger partial charge in [-0.25, -0.2) is 0 Å². The lowest BCUT2D eigenvalue weighted by molar-refractivity contribution is -0.140. The first-order valence-electron chi connectivity index (χ1n) is 10.4. The number of carbonyl (C=O) groups excluding carboxylic acids is 2. The van der Waals surface area contributed by atoms with Crippen molar-refractivity contribution in [2.24, 2.45) is 0 Å². The zero-order chi connectivity index (χ0) is 23.8. The summed E-state index contributed by atoms with van der Waals surface area (Å²) in [7, 11) is 1.38. The van der Waals surface area contributed by atoms with E-state index in [0.717, 1.165) is 30.4 Å². The van der Waals surface area contributed by atoms with Gasteiger partial charge in [-0.1, -0.05) is 71.8 Å². The maximum absolute atomic E-state index is 12.7. The van der Waals surface area contributed by atoms with Gasteiger partial charge in [0.2, 0.25) is 0 Å². The van der Waals surface area contributed by atoms with Crippen molar-refractivity contribution in [1.29, 1.82) is 0 Å². The number of carbonyl (C=O) groups is 2. The number of ether oxygens (including phenoxy) is 2. The van der Waals surface area contributed by atoms with E-state index in [1.54, 1.807) is 17.0 Å². The molecule has 1 aliphatic heterocycles. The van der Waals surface area contributed by atoms with Crippen molar-refractivity contribution in [3.8, 4) is 5.75 Å². The molecule has 0 aromatic heterocycles. The Bertz CT molecular complexity index is 1060. The van der Waals surface area contributed by atoms with E-state index < -0.39 is 0 Å². The molecule has 2 aromatic rings. The molecule has 0 radical (unpaired) electrons. The van der Waals surface area contributed by atoms with Crippen molar-refractivity contribution in [2.75, 3.05) is 13.7 Å². The van der Waals surface area contributed by atoms with Crippen LogP contribution in [0.3, 0.4) is 0 Å². The summed E-state index contributed by atoms with van der Waals surface area (Å²) in [5.74, 6) is 0.391. The molecule has 0 bridgehead atoms. The maximum Gasteiger partial charge on any atom is 0.305 e. The molecule has 1 fully saturated rings. The van der Waals surface area contributed by atoms with Gasteiger partial charge in [0.15, 0.2) is 0 Å². The summed E-state index contributed by atoms with van der Waals surface area (Å²) in [6.45, 7) is 0.872. The molecule has 0 spiro atoms. The van der Waals surface area contributed by atoms with Gasteiger partial charge in [-0.15, -0.1) is 0 Å². The Labute approximate surface area is 213 Å². The van der Waals surface area contributed by atoms with Crippen LogP contribution in [0.1, 0.15) is 36.8 Å². The van der Waals surface area contributed by atoms with E-state index in [0.29, 0.717) is 44.6 Å². The van der Waals surface area contributed by atoms with Gasteiger partial charge in [0.1, 0.15) is 16.7 Å². The first kappa shape index (κ1) is 25.6. The van der Waals surface area contributed by atoms with Crippen LogP contribution in [0.2, 0.25) is 10.0 Å². The van der Waals surface area contributed by atoms with Gasteiger partial charge in [0.25, 0.3) is 5.91 Å². The Morgan fingerprint density at radius 2 is 1.88 bits per heavy atom. The van der Waals surface area contributed by atoms with Gasteiger partial charge in [0.05, 0.1) is 12.0 Å². The number of amides is 1. The molecule has 5 nitrogen and oxygen atoms in total. The van der Waals surface area contributed by atoms with E-state index in [1.807, 2.05) is 36.4 Å². The number of methoxy groups -OCH3 is 1. The molecule has 0 atom stereocenters. The molecule has 1 heterocycles. The van der Waals surface area contributed by atoms with Crippen molar-refractivity contribution in [1.82, 2.24) is 4.90 Å². The third-order valence-electron chi connectivity index (χ3n) is 4.95. The Morgan fingerprint density at radius 3 is 2.58 bits per heavy atom. The monoisotopic (exact) mass is 523 g/mol. The quantitative estimate of drug-likeness (QED) is 0.153. The lowest BCUT2D eigenvalue weighted by Crippen LogP contribution is -2.29. The fourth-order valence-electron chi connectivity index (χ4n) is 3.12. The number of thioether (sulfide) groups is 1. The smallest absolute Gasteiger partial charge is 0.305 e. The predicted octanol–water partition coefficient (Wildman–Crippen LogP) is 6.51. The molecular weight excluding hydrogens is 501 g/mol. The van der Waals surface area contributed by atoms with Crippen LogP contribution < -0.4 is 4.74 Å². The van der Waals surface area contributed by atoms with Crippen molar-refractivity contribution < 1.29 is 19.1 Å². The van der Waals surface area contributed by atoms with E-state index >= 15 is 0 Å². The Balaban J connectivity index is 1.52. The normalized spacial score (nSPS) is 14.8. The highest BCUT2D eigenvalue weighted by atomic mass is 35.5. The van der Waals surface area contributed by atoms with Crippen molar-refractivity contribution in [3.63, 3.8) is 0 Å².